The van der Waals surface area contributed by atoms with Crippen LogP contribution in [-0.4, -0.2) is 5.78 Å². The number of carbonyl (C=O) groups excluding carboxylic acids is 1. The Labute approximate surface area is 128 Å². The van der Waals surface area contributed by atoms with E-state index in [2.05, 4.69) is 5.32 Å². The smallest absolute Gasteiger partial charge is 0.187 e. The maximum Gasteiger partial charge on any atom is 0.187 e. The van der Waals surface area contributed by atoms with Gasteiger partial charge >= 0.3 is 0 Å². The highest BCUT2D eigenvalue weighted by Gasteiger charge is 2.01. The summed E-state index contributed by atoms with van der Waals surface area (Å²) in [7, 11) is 0. The van der Waals surface area contributed by atoms with Gasteiger partial charge in [0, 0.05) is 22.9 Å². The summed E-state index contributed by atoms with van der Waals surface area (Å²) in [5.41, 5.74) is 2.45. The fourth-order valence-electron chi connectivity index (χ4n) is 1.67. The summed E-state index contributed by atoms with van der Waals surface area (Å²) in [5.74, 6) is -0.0991. The van der Waals surface area contributed by atoms with Crippen LogP contribution >= 0.6 is 23.2 Å². The molecule has 0 aliphatic heterocycles. The Morgan fingerprint density at radius 1 is 1.10 bits per heavy atom. The molecule has 0 heterocycles. The predicted molar refractivity (Wildman–Crippen MR) is 84.7 cm³/mol. The van der Waals surface area contributed by atoms with E-state index in [0.717, 1.165) is 11.3 Å². The average molecular weight is 306 g/mol. The highest BCUT2D eigenvalue weighted by atomic mass is 35.5. The van der Waals surface area contributed by atoms with E-state index in [9.17, 15) is 4.79 Å². The van der Waals surface area contributed by atoms with Crippen LogP contribution in [0.1, 0.15) is 15.9 Å². The van der Waals surface area contributed by atoms with Crippen molar-refractivity contribution in [3.63, 3.8) is 0 Å². The number of hydrogen-bond donors (Lipinski definition) is 1. The first-order valence-corrected chi connectivity index (χ1v) is 6.81. The van der Waals surface area contributed by atoms with Crippen LogP contribution in [0.2, 0.25) is 10.0 Å². The third-order valence-corrected chi connectivity index (χ3v) is 3.31. The molecule has 20 heavy (non-hydrogen) atoms. The molecule has 2 aromatic rings. The van der Waals surface area contributed by atoms with E-state index in [0.29, 0.717) is 15.6 Å². The molecule has 2 rings (SSSR count). The largest absolute Gasteiger partial charge is 0.360 e. The Bertz CT molecular complexity index is 648. The Kier molecular flexibility index (Phi) is 4.83. The number of anilines is 1. The summed E-state index contributed by atoms with van der Waals surface area (Å²) in [6.45, 7) is 1.98. The standard InChI is InChI=1S/C16H13Cl2NO/c1-11-2-7-14(18)15(10-11)19-9-8-16(20)12-3-5-13(17)6-4-12/h2-10,19H,1H3/b9-8+. The summed E-state index contributed by atoms with van der Waals surface area (Å²) in [6.07, 6.45) is 3.04. The van der Waals surface area contributed by atoms with Crippen molar-refractivity contribution >= 4 is 34.7 Å². The molecule has 0 atom stereocenters. The number of aryl methyl sites for hydroxylation is 1. The summed E-state index contributed by atoms with van der Waals surface area (Å²) < 4.78 is 0. The molecule has 0 aromatic heterocycles. The van der Waals surface area contributed by atoms with Crippen molar-refractivity contribution in [3.8, 4) is 0 Å². The van der Waals surface area contributed by atoms with Crippen molar-refractivity contribution in [2.45, 2.75) is 6.92 Å². The van der Waals surface area contributed by atoms with Crippen LogP contribution < -0.4 is 5.32 Å². The van der Waals surface area contributed by atoms with Crippen molar-refractivity contribution in [2.24, 2.45) is 0 Å². The lowest BCUT2D eigenvalue weighted by atomic mass is 10.1. The lowest BCUT2D eigenvalue weighted by Gasteiger charge is -2.04. The second-order valence-corrected chi connectivity index (χ2v) is 5.18. The Morgan fingerprint density at radius 3 is 2.50 bits per heavy atom. The van der Waals surface area contributed by atoms with Gasteiger partial charge in [0.05, 0.1) is 10.7 Å². The molecule has 0 unspecified atom stereocenters. The Hall–Kier alpha value is -1.77. The lowest BCUT2D eigenvalue weighted by Crippen LogP contribution is -1.96. The number of benzene rings is 2. The quantitative estimate of drug-likeness (QED) is 0.628. The molecule has 0 saturated carbocycles. The molecule has 1 N–H and O–H groups in total. The molecule has 0 spiro atoms. The highest BCUT2D eigenvalue weighted by molar-refractivity contribution is 6.33. The van der Waals surface area contributed by atoms with E-state index in [-0.39, 0.29) is 5.78 Å². The zero-order chi connectivity index (χ0) is 14.5. The first kappa shape index (κ1) is 14.6. The van der Waals surface area contributed by atoms with Crippen molar-refractivity contribution in [1.29, 1.82) is 0 Å². The van der Waals surface area contributed by atoms with E-state index in [1.54, 1.807) is 30.5 Å². The van der Waals surface area contributed by atoms with Crippen LogP contribution in [0, 0.1) is 6.92 Å². The van der Waals surface area contributed by atoms with Crippen LogP contribution in [0.25, 0.3) is 0 Å². The van der Waals surface area contributed by atoms with Gasteiger partial charge < -0.3 is 5.32 Å². The minimum absolute atomic E-state index is 0.0991. The normalized spacial score (nSPS) is 10.8. The minimum atomic E-state index is -0.0991. The maximum atomic E-state index is 11.9. The van der Waals surface area contributed by atoms with E-state index in [1.807, 2.05) is 25.1 Å². The lowest BCUT2D eigenvalue weighted by molar-refractivity contribution is 0.104. The van der Waals surface area contributed by atoms with Crippen LogP contribution in [0.4, 0.5) is 5.69 Å². The molecule has 0 radical (unpaired) electrons. The van der Waals surface area contributed by atoms with Gasteiger partial charge in [-0.15, -0.1) is 0 Å². The molecule has 2 aromatic carbocycles. The Balaban J connectivity index is 2.04. The van der Waals surface area contributed by atoms with Crippen molar-refractivity contribution < 1.29 is 4.79 Å². The molecule has 0 fully saturated rings. The topological polar surface area (TPSA) is 29.1 Å². The van der Waals surface area contributed by atoms with E-state index in [4.69, 9.17) is 23.2 Å². The van der Waals surface area contributed by atoms with Crippen LogP contribution in [0.3, 0.4) is 0 Å². The van der Waals surface area contributed by atoms with Gasteiger partial charge in [-0.3, -0.25) is 4.79 Å². The second kappa shape index (κ2) is 6.60. The average Bonchev–Trinajstić information content (AvgIpc) is 2.43. The van der Waals surface area contributed by atoms with Gasteiger partial charge in [0.2, 0.25) is 0 Å². The minimum Gasteiger partial charge on any atom is -0.360 e. The number of allylic oxidation sites excluding steroid dienone is 1. The summed E-state index contributed by atoms with van der Waals surface area (Å²) in [4.78, 5) is 11.9. The van der Waals surface area contributed by atoms with Crippen molar-refractivity contribution in [3.05, 3.63) is 75.9 Å². The van der Waals surface area contributed by atoms with Crippen LogP contribution in [0.15, 0.2) is 54.7 Å². The first-order valence-electron chi connectivity index (χ1n) is 6.05. The molecular formula is C16H13Cl2NO. The molecule has 0 aliphatic rings. The van der Waals surface area contributed by atoms with Crippen molar-refractivity contribution in [2.75, 3.05) is 5.32 Å². The molecule has 4 heteroatoms. The zero-order valence-electron chi connectivity index (χ0n) is 10.9. The zero-order valence-corrected chi connectivity index (χ0v) is 12.4. The summed E-state index contributed by atoms with van der Waals surface area (Å²) in [5, 5.41) is 4.22. The summed E-state index contributed by atoms with van der Waals surface area (Å²) in [6, 6.07) is 12.4. The number of hydrogen-bond acceptors (Lipinski definition) is 2. The molecule has 0 amide bonds. The third-order valence-electron chi connectivity index (χ3n) is 2.72. The van der Waals surface area contributed by atoms with E-state index >= 15 is 0 Å². The molecule has 102 valence electrons. The van der Waals surface area contributed by atoms with Gasteiger partial charge in [0.1, 0.15) is 0 Å². The molecule has 2 nitrogen and oxygen atoms in total. The second-order valence-electron chi connectivity index (χ2n) is 4.33. The van der Waals surface area contributed by atoms with Gasteiger partial charge in [0.25, 0.3) is 0 Å². The monoisotopic (exact) mass is 305 g/mol. The third kappa shape index (κ3) is 3.86. The highest BCUT2D eigenvalue weighted by Crippen LogP contribution is 2.22. The van der Waals surface area contributed by atoms with Crippen molar-refractivity contribution in [1.82, 2.24) is 0 Å². The van der Waals surface area contributed by atoms with Crippen LogP contribution in [-0.2, 0) is 0 Å². The number of nitrogens with one attached hydrogen (secondary N) is 1. The predicted octanol–water partition coefficient (Wildman–Crippen LogP) is 5.11. The molecule has 0 bridgehead atoms. The molecule has 0 aliphatic carbocycles. The summed E-state index contributed by atoms with van der Waals surface area (Å²) >= 11 is 11.8. The van der Waals surface area contributed by atoms with Gasteiger partial charge in [-0.1, -0.05) is 29.3 Å². The van der Waals surface area contributed by atoms with E-state index in [1.165, 1.54) is 6.08 Å². The molecular weight excluding hydrogens is 293 g/mol. The fraction of sp³-hybridized carbons (Fsp3) is 0.0625. The maximum absolute atomic E-state index is 11.9. The van der Waals surface area contributed by atoms with Crippen LogP contribution in [0.5, 0.6) is 0 Å². The van der Waals surface area contributed by atoms with Gasteiger partial charge in [-0.05, 0) is 48.9 Å². The van der Waals surface area contributed by atoms with Gasteiger partial charge in [-0.25, -0.2) is 0 Å². The fourth-order valence-corrected chi connectivity index (χ4v) is 1.97. The van der Waals surface area contributed by atoms with Gasteiger partial charge in [-0.2, -0.15) is 0 Å². The Morgan fingerprint density at radius 2 is 1.80 bits per heavy atom. The molecule has 0 saturated heterocycles. The SMILES string of the molecule is Cc1ccc(Cl)c(N/C=C/C(=O)c2ccc(Cl)cc2)c1. The number of ketones is 1. The van der Waals surface area contributed by atoms with Gasteiger partial charge in [0.15, 0.2) is 5.78 Å². The number of rotatable bonds is 4. The first-order chi connectivity index (χ1) is 9.56. The number of carbonyl (C=O) groups is 1. The number of halogens is 2. The van der Waals surface area contributed by atoms with E-state index < -0.39 is 0 Å².